The maximum atomic E-state index is 12.9. The van der Waals surface area contributed by atoms with Gasteiger partial charge in [0.25, 0.3) is 0 Å². The van der Waals surface area contributed by atoms with Gasteiger partial charge in [0, 0.05) is 37.4 Å². The molecule has 1 atom stereocenters. The van der Waals surface area contributed by atoms with Crippen LogP contribution in [-0.2, 0) is 17.9 Å². The fraction of sp³-hybridized carbons (Fsp3) is 0.444. The summed E-state index contributed by atoms with van der Waals surface area (Å²) in [6.07, 6.45) is 4.45. The lowest BCUT2D eigenvalue weighted by atomic mass is 9.97. The maximum Gasteiger partial charge on any atom is 0.241 e. The number of benzene rings is 2. The molecule has 5 rings (SSSR count). The Balaban J connectivity index is 1.12. The number of rotatable bonds is 7. The van der Waals surface area contributed by atoms with Crippen molar-refractivity contribution in [3.63, 3.8) is 0 Å². The lowest BCUT2D eigenvalue weighted by Crippen LogP contribution is -2.42. The molecule has 2 saturated heterocycles. The Labute approximate surface area is 201 Å². The highest BCUT2D eigenvalue weighted by Crippen LogP contribution is 2.22. The van der Waals surface area contributed by atoms with E-state index in [-0.39, 0.29) is 11.8 Å². The van der Waals surface area contributed by atoms with Crippen LogP contribution in [0.1, 0.15) is 42.7 Å². The fourth-order valence-corrected chi connectivity index (χ4v) is 4.96. The summed E-state index contributed by atoms with van der Waals surface area (Å²) in [6.45, 7) is 7.12. The van der Waals surface area contributed by atoms with E-state index in [1.807, 2.05) is 25.1 Å². The van der Waals surface area contributed by atoms with Crippen LogP contribution in [-0.4, -0.2) is 47.1 Å². The van der Waals surface area contributed by atoms with Crippen LogP contribution in [0.25, 0.3) is 11.4 Å². The van der Waals surface area contributed by atoms with Gasteiger partial charge in [0.2, 0.25) is 17.6 Å². The topological polar surface area (TPSA) is 74.5 Å². The number of aryl methyl sites for hydroxylation is 1. The number of amides is 1. The highest BCUT2D eigenvalue weighted by atomic mass is 16.5. The van der Waals surface area contributed by atoms with E-state index in [0.717, 1.165) is 49.2 Å². The number of likely N-dealkylation sites (tertiary alicyclic amines) is 1. The third-order valence-electron chi connectivity index (χ3n) is 6.85. The van der Waals surface area contributed by atoms with Crippen LogP contribution in [0, 0.1) is 12.8 Å². The van der Waals surface area contributed by atoms with E-state index in [1.165, 1.54) is 18.5 Å². The highest BCUT2D eigenvalue weighted by molar-refractivity contribution is 5.79. The Hall–Kier alpha value is -3.19. The molecule has 178 valence electrons. The molecule has 34 heavy (non-hydrogen) atoms. The SMILES string of the molecule is Cc1cccc(-c2noc(CN3CCCC(C(=O)NCc4ccc(N5CCCC5)cc4)C3)n2)c1. The molecule has 0 bridgehead atoms. The molecule has 0 radical (unpaired) electrons. The van der Waals surface area contributed by atoms with E-state index >= 15 is 0 Å². The first-order valence-corrected chi connectivity index (χ1v) is 12.4. The molecule has 2 aliphatic heterocycles. The molecule has 1 amide bonds. The number of hydrogen-bond acceptors (Lipinski definition) is 6. The predicted molar refractivity (Wildman–Crippen MR) is 132 cm³/mol. The summed E-state index contributed by atoms with van der Waals surface area (Å²) in [4.78, 5) is 22.1. The summed E-state index contributed by atoms with van der Waals surface area (Å²) < 4.78 is 5.50. The van der Waals surface area contributed by atoms with Crippen molar-refractivity contribution in [3.05, 3.63) is 65.5 Å². The molecule has 1 aromatic heterocycles. The normalized spacial score (nSPS) is 18.9. The van der Waals surface area contributed by atoms with E-state index in [0.29, 0.717) is 31.3 Å². The van der Waals surface area contributed by atoms with Crippen LogP contribution < -0.4 is 10.2 Å². The smallest absolute Gasteiger partial charge is 0.241 e. The van der Waals surface area contributed by atoms with Crippen molar-refractivity contribution in [2.75, 3.05) is 31.1 Å². The van der Waals surface area contributed by atoms with E-state index in [2.05, 4.69) is 55.6 Å². The van der Waals surface area contributed by atoms with Gasteiger partial charge in [-0.2, -0.15) is 4.98 Å². The quantitative estimate of drug-likeness (QED) is 0.572. The number of piperidine rings is 1. The van der Waals surface area contributed by atoms with Crippen molar-refractivity contribution in [2.24, 2.45) is 5.92 Å². The molecular formula is C27H33N5O2. The average Bonchev–Trinajstić information content (AvgIpc) is 3.56. The Morgan fingerprint density at radius 2 is 1.91 bits per heavy atom. The molecule has 0 saturated carbocycles. The second-order valence-electron chi connectivity index (χ2n) is 9.53. The summed E-state index contributed by atoms with van der Waals surface area (Å²) in [5.74, 6) is 1.31. The molecule has 7 heteroatoms. The minimum Gasteiger partial charge on any atom is -0.372 e. The third-order valence-corrected chi connectivity index (χ3v) is 6.85. The van der Waals surface area contributed by atoms with Gasteiger partial charge in [-0.25, -0.2) is 0 Å². The zero-order valence-electron chi connectivity index (χ0n) is 19.9. The molecule has 3 heterocycles. The van der Waals surface area contributed by atoms with E-state index in [9.17, 15) is 4.79 Å². The molecular weight excluding hydrogens is 426 g/mol. The van der Waals surface area contributed by atoms with Crippen molar-refractivity contribution >= 4 is 11.6 Å². The van der Waals surface area contributed by atoms with Crippen LogP contribution >= 0.6 is 0 Å². The molecule has 2 aromatic carbocycles. The number of aromatic nitrogens is 2. The van der Waals surface area contributed by atoms with Gasteiger partial charge in [-0.1, -0.05) is 41.1 Å². The first-order chi connectivity index (χ1) is 16.6. The van der Waals surface area contributed by atoms with Gasteiger partial charge in [0.05, 0.1) is 12.5 Å². The van der Waals surface area contributed by atoms with Crippen LogP contribution in [0.3, 0.4) is 0 Å². The van der Waals surface area contributed by atoms with Crippen molar-refractivity contribution in [1.82, 2.24) is 20.4 Å². The zero-order valence-corrected chi connectivity index (χ0v) is 19.9. The maximum absolute atomic E-state index is 12.9. The first-order valence-electron chi connectivity index (χ1n) is 12.4. The molecule has 1 N–H and O–H groups in total. The van der Waals surface area contributed by atoms with Crippen molar-refractivity contribution in [1.29, 1.82) is 0 Å². The monoisotopic (exact) mass is 459 g/mol. The van der Waals surface area contributed by atoms with Crippen LogP contribution in [0.15, 0.2) is 53.1 Å². The van der Waals surface area contributed by atoms with Gasteiger partial charge < -0.3 is 14.7 Å². The Morgan fingerprint density at radius 3 is 2.71 bits per heavy atom. The number of carbonyl (C=O) groups excluding carboxylic acids is 1. The number of carbonyl (C=O) groups is 1. The Kier molecular flexibility index (Phi) is 6.90. The number of nitrogens with one attached hydrogen (secondary N) is 1. The number of anilines is 1. The minimum atomic E-state index is -0.0169. The summed E-state index contributed by atoms with van der Waals surface area (Å²) >= 11 is 0. The lowest BCUT2D eigenvalue weighted by Gasteiger charge is -2.30. The lowest BCUT2D eigenvalue weighted by molar-refractivity contribution is -0.127. The summed E-state index contributed by atoms with van der Waals surface area (Å²) in [6, 6.07) is 16.7. The average molecular weight is 460 g/mol. The molecule has 2 aliphatic rings. The van der Waals surface area contributed by atoms with Crippen molar-refractivity contribution in [2.45, 2.75) is 45.7 Å². The largest absolute Gasteiger partial charge is 0.372 e. The summed E-state index contributed by atoms with van der Waals surface area (Å²) in [7, 11) is 0. The second-order valence-corrected chi connectivity index (χ2v) is 9.53. The van der Waals surface area contributed by atoms with Gasteiger partial charge in [0.15, 0.2) is 0 Å². The van der Waals surface area contributed by atoms with Crippen molar-refractivity contribution < 1.29 is 9.32 Å². The molecule has 7 nitrogen and oxygen atoms in total. The highest BCUT2D eigenvalue weighted by Gasteiger charge is 2.27. The number of nitrogens with zero attached hydrogens (tertiary/aromatic N) is 4. The fourth-order valence-electron chi connectivity index (χ4n) is 4.96. The van der Waals surface area contributed by atoms with Gasteiger partial charge in [0.1, 0.15) is 0 Å². The standard InChI is InChI=1S/C27H33N5O2/c1-20-6-4-7-22(16-20)26-29-25(34-30-26)19-31-13-5-8-23(18-31)27(33)28-17-21-9-11-24(12-10-21)32-14-2-3-15-32/h4,6-7,9-12,16,23H,2-3,5,8,13-15,17-19H2,1H3,(H,28,33). The van der Waals surface area contributed by atoms with E-state index in [4.69, 9.17) is 4.52 Å². The van der Waals surface area contributed by atoms with Crippen LogP contribution in [0.5, 0.6) is 0 Å². The molecule has 2 fully saturated rings. The van der Waals surface area contributed by atoms with E-state index < -0.39 is 0 Å². The minimum absolute atomic E-state index is 0.0169. The summed E-state index contributed by atoms with van der Waals surface area (Å²) in [5.41, 5.74) is 4.54. The van der Waals surface area contributed by atoms with Crippen LogP contribution in [0.4, 0.5) is 5.69 Å². The Bertz CT molecular complexity index is 1100. The second kappa shape index (κ2) is 10.4. The first kappa shape index (κ1) is 22.6. The molecule has 1 unspecified atom stereocenters. The predicted octanol–water partition coefficient (Wildman–Crippen LogP) is 4.17. The molecule has 3 aromatic rings. The van der Waals surface area contributed by atoms with Gasteiger partial charge in [-0.3, -0.25) is 9.69 Å². The Morgan fingerprint density at radius 1 is 1.09 bits per heavy atom. The van der Waals surface area contributed by atoms with Crippen molar-refractivity contribution in [3.8, 4) is 11.4 Å². The van der Waals surface area contributed by atoms with Gasteiger partial charge in [-0.15, -0.1) is 0 Å². The summed E-state index contributed by atoms with van der Waals surface area (Å²) in [5, 5.41) is 7.29. The van der Waals surface area contributed by atoms with Gasteiger partial charge >= 0.3 is 0 Å². The third kappa shape index (κ3) is 5.47. The number of hydrogen-bond donors (Lipinski definition) is 1. The van der Waals surface area contributed by atoms with Crippen LogP contribution in [0.2, 0.25) is 0 Å². The van der Waals surface area contributed by atoms with Gasteiger partial charge in [-0.05, 0) is 62.9 Å². The molecule has 0 aliphatic carbocycles. The van der Waals surface area contributed by atoms with E-state index in [1.54, 1.807) is 0 Å². The molecule has 0 spiro atoms. The zero-order chi connectivity index (χ0) is 23.3.